The molecule has 2 aromatic carbocycles. The Hall–Kier alpha value is -2.11. The first-order chi connectivity index (χ1) is 20.6. The summed E-state index contributed by atoms with van der Waals surface area (Å²) in [5.74, 6) is -1.92. The van der Waals surface area contributed by atoms with Crippen molar-refractivity contribution in [1.82, 2.24) is 14.1 Å². The van der Waals surface area contributed by atoms with Crippen molar-refractivity contribution >= 4 is 27.5 Å². The van der Waals surface area contributed by atoms with Gasteiger partial charge in [0.1, 0.15) is 17.7 Å². The Kier molecular flexibility index (Phi) is 8.87. The molecule has 2 aromatic rings. The molecule has 234 valence electrons. The Morgan fingerprint density at radius 2 is 1.51 bits per heavy atom. The van der Waals surface area contributed by atoms with Crippen molar-refractivity contribution in [3.8, 4) is 0 Å². The van der Waals surface area contributed by atoms with Gasteiger partial charge in [0.15, 0.2) is 0 Å². The fourth-order valence-corrected chi connectivity index (χ4v) is 9.81. The quantitative estimate of drug-likeness (QED) is 0.433. The van der Waals surface area contributed by atoms with E-state index in [1.807, 2.05) is 0 Å². The first-order valence-electron chi connectivity index (χ1n) is 15.6. The van der Waals surface area contributed by atoms with Crippen LogP contribution in [0.3, 0.4) is 0 Å². The monoisotopic (exact) mass is 635 g/mol. The number of amides is 1. The van der Waals surface area contributed by atoms with Crippen LogP contribution in [0, 0.1) is 17.0 Å². The third kappa shape index (κ3) is 6.10. The number of sulfonamides is 1. The summed E-state index contributed by atoms with van der Waals surface area (Å²) in [7, 11) is -4.21. The van der Waals surface area contributed by atoms with E-state index in [0.717, 1.165) is 32.0 Å². The molecule has 0 bridgehead atoms. The minimum absolute atomic E-state index is 0.00192. The largest absolute Gasteiger partial charge is 0.383 e. The first kappa shape index (κ1) is 30.9. The van der Waals surface area contributed by atoms with Crippen LogP contribution in [0.25, 0.3) is 0 Å². The molecule has 1 saturated carbocycles. The van der Waals surface area contributed by atoms with E-state index in [2.05, 4.69) is 4.90 Å². The molecule has 1 unspecified atom stereocenters. The van der Waals surface area contributed by atoms with Crippen LogP contribution < -0.4 is 0 Å². The summed E-state index contributed by atoms with van der Waals surface area (Å²) in [4.78, 5) is 18.1. The Morgan fingerprint density at radius 3 is 2.12 bits per heavy atom. The standard InChI is InChI=1S/C32H40ClF2N3O4S/c33-23-7-9-27(10-8-23)43(41,42)38-28(22-19-24(34)21-25(35)20-22)5-4-6-29(38)32(13-14-32)30(39)31(40)37-17-11-26(12-18-37)36-15-2-1-3-16-36/h7-10,19-21,26,28-30,39H,1-6,11-18H2/t28-,29+,30?/m1/s1. The van der Waals surface area contributed by atoms with E-state index in [0.29, 0.717) is 56.3 Å². The molecule has 4 fully saturated rings. The zero-order valence-electron chi connectivity index (χ0n) is 24.3. The van der Waals surface area contributed by atoms with Gasteiger partial charge in [0.05, 0.1) is 10.9 Å². The highest BCUT2D eigenvalue weighted by Crippen LogP contribution is 2.59. The summed E-state index contributed by atoms with van der Waals surface area (Å²) in [6, 6.07) is 7.80. The van der Waals surface area contributed by atoms with E-state index >= 15 is 0 Å². The highest BCUT2D eigenvalue weighted by atomic mass is 35.5. The summed E-state index contributed by atoms with van der Waals surface area (Å²) >= 11 is 6.05. The third-order valence-electron chi connectivity index (χ3n) is 10.2. The lowest BCUT2D eigenvalue weighted by Crippen LogP contribution is -2.57. The predicted octanol–water partition coefficient (Wildman–Crippen LogP) is 5.52. The van der Waals surface area contributed by atoms with Crippen LogP contribution >= 0.6 is 11.6 Å². The number of likely N-dealkylation sites (tertiary alicyclic amines) is 2. The van der Waals surface area contributed by atoms with E-state index in [4.69, 9.17) is 11.6 Å². The van der Waals surface area contributed by atoms with Crippen molar-refractivity contribution < 1.29 is 27.1 Å². The molecule has 6 rings (SSSR count). The van der Waals surface area contributed by atoms with Crippen LogP contribution in [0.5, 0.6) is 0 Å². The van der Waals surface area contributed by atoms with Gasteiger partial charge in [-0.05, 0) is 113 Å². The van der Waals surface area contributed by atoms with Crippen molar-refractivity contribution in [2.75, 3.05) is 26.2 Å². The van der Waals surface area contributed by atoms with Crippen molar-refractivity contribution in [1.29, 1.82) is 0 Å². The van der Waals surface area contributed by atoms with Crippen molar-refractivity contribution in [3.05, 3.63) is 64.7 Å². The van der Waals surface area contributed by atoms with Crippen LogP contribution in [0.2, 0.25) is 5.02 Å². The molecule has 43 heavy (non-hydrogen) atoms. The maximum absolute atomic E-state index is 14.4. The molecule has 1 amide bonds. The molecule has 0 aromatic heterocycles. The molecule has 0 spiro atoms. The maximum atomic E-state index is 14.4. The molecule has 11 heteroatoms. The van der Waals surface area contributed by atoms with E-state index in [1.165, 1.54) is 60.0 Å². The summed E-state index contributed by atoms with van der Waals surface area (Å²) in [5, 5.41) is 12.1. The minimum Gasteiger partial charge on any atom is -0.383 e. The smallest absolute Gasteiger partial charge is 0.252 e. The number of hydrogen-bond acceptors (Lipinski definition) is 5. The van der Waals surface area contributed by atoms with Gasteiger partial charge in [0.2, 0.25) is 10.0 Å². The van der Waals surface area contributed by atoms with E-state index in [9.17, 15) is 27.1 Å². The molecular weight excluding hydrogens is 596 g/mol. The van der Waals surface area contributed by atoms with Crippen molar-refractivity contribution in [2.24, 2.45) is 5.41 Å². The fraction of sp³-hybridized carbons (Fsp3) is 0.594. The number of carbonyl (C=O) groups is 1. The topological polar surface area (TPSA) is 81.2 Å². The molecule has 3 aliphatic heterocycles. The van der Waals surface area contributed by atoms with Crippen LogP contribution in [0.4, 0.5) is 8.78 Å². The zero-order valence-corrected chi connectivity index (χ0v) is 25.9. The van der Waals surface area contributed by atoms with Gasteiger partial charge in [-0.2, -0.15) is 4.31 Å². The molecule has 3 atom stereocenters. The molecule has 1 aliphatic carbocycles. The molecule has 0 radical (unpaired) electrons. The summed E-state index contributed by atoms with van der Waals surface area (Å²) in [6.45, 7) is 3.33. The number of aliphatic hydroxyl groups is 1. The number of hydrogen-bond donors (Lipinski definition) is 1. The molecule has 1 N–H and O–H groups in total. The van der Waals surface area contributed by atoms with Gasteiger partial charge in [0.25, 0.3) is 5.91 Å². The lowest BCUT2D eigenvalue weighted by Gasteiger charge is -2.47. The number of halogens is 3. The number of aliphatic hydroxyl groups excluding tert-OH is 1. The van der Waals surface area contributed by atoms with Crippen LogP contribution in [-0.4, -0.2) is 77.9 Å². The number of benzene rings is 2. The Labute approximate surface area is 257 Å². The van der Waals surface area contributed by atoms with Crippen LogP contribution in [0.15, 0.2) is 47.4 Å². The van der Waals surface area contributed by atoms with Gasteiger partial charge in [-0.1, -0.05) is 18.0 Å². The van der Waals surface area contributed by atoms with E-state index in [1.54, 1.807) is 4.90 Å². The van der Waals surface area contributed by atoms with Crippen molar-refractivity contribution in [3.63, 3.8) is 0 Å². The van der Waals surface area contributed by atoms with E-state index in [-0.39, 0.29) is 16.4 Å². The number of rotatable bonds is 7. The van der Waals surface area contributed by atoms with Gasteiger partial charge in [-0.15, -0.1) is 0 Å². The molecule has 3 heterocycles. The third-order valence-corrected chi connectivity index (χ3v) is 12.4. The summed E-state index contributed by atoms with van der Waals surface area (Å²) in [5.41, 5.74) is -0.749. The normalized spacial score (nSPS) is 26.3. The molecular formula is C32H40ClF2N3O4S. The highest BCUT2D eigenvalue weighted by molar-refractivity contribution is 7.89. The fourth-order valence-electron chi connectivity index (χ4n) is 7.75. The van der Waals surface area contributed by atoms with E-state index < -0.39 is 45.3 Å². The maximum Gasteiger partial charge on any atom is 0.252 e. The molecule has 7 nitrogen and oxygen atoms in total. The van der Waals surface area contributed by atoms with Crippen molar-refractivity contribution in [2.45, 2.75) is 93.3 Å². The SMILES string of the molecule is O=C(C(O)C1([C@@H]2CCC[C@H](c3cc(F)cc(F)c3)N2S(=O)(=O)c2ccc(Cl)cc2)CC1)N1CCC(N2CCCCC2)CC1. The second-order valence-electron chi connectivity index (χ2n) is 12.7. The highest BCUT2D eigenvalue weighted by Gasteiger charge is 2.62. The average molecular weight is 636 g/mol. The molecule has 3 saturated heterocycles. The van der Waals surface area contributed by atoms with Gasteiger partial charge in [0, 0.05) is 41.7 Å². The van der Waals surface area contributed by atoms with Gasteiger partial charge >= 0.3 is 0 Å². The Balaban J connectivity index is 1.28. The van der Waals surface area contributed by atoms with Crippen LogP contribution in [0.1, 0.15) is 75.8 Å². The Morgan fingerprint density at radius 1 is 0.884 bits per heavy atom. The van der Waals surface area contributed by atoms with Crippen LogP contribution in [-0.2, 0) is 14.8 Å². The molecule has 4 aliphatic rings. The zero-order chi connectivity index (χ0) is 30.4. The van der Waals surface area contributed by atoms with Gasteiger partial charge in [-0.25, -0.2) is 17.2 Å². The predicted molar refractivity (Wildman–Crippen MR) is 160 cm³/mol. The lowest BCUT2D eigenvalue weighted by atomic mass is 9.81. The summed E-state index contributed by atoms with van der Waals surface area (Å²) in [6.07, 6.45) is 6.40. The second kappa shape index (κ2) is 12.4. The number of carbonyl (C=O) groups excluding carboxylic acids is 1. The minimum atomic E-state index is -4.21. The number of piperidine rings is 3. The summed E-state index contributed by atoms with van der Waals surface area (Å²) < 4.78 is 58.8. The average Bonchev–Trinajstić information content (AvgIpc) is 3.82. The lowest BCUT2D eigenvalue weighted by molar-refractivity contribution is -0.148. The van der Waals surface area contributed by atoms with Gasteiger partial charge < -0.3 is 14.9 Å². The Bertz CT molecular complexity index is 1400. The van der Waals surface area contributed by atoms with Gasteiger partial charge in [-0.3, -0.25) is 4.79 Å². The second-order valence-corrected chi connectivity index (χ2v) is 15.0. The number of nitrogens with zero attached hydrogens (tertiary/aromatic N) is 3. The first-order valence-corrected chi connectivity index (χ1v) is 17.4.